The molecule has 1 atom stereocenters. The van der Waals surface area contributed by atoms with Gasteiger partial charge >= 0.3 is 6.43 Å². The monoisotopic (exact) mass is 143 g/mol. The molecule has 55 valence electrons. The third kappa shape index (κ3) is 5.59. The van der Waals surface area contributed by atoms with Crippen LogP contribution < -0.4 is 0 Å². The SMILES string of the molecule is FCC(F)CC[C](F)F. The molecule has 4 heteroatoms. The average molecular weight is 143 g/mol. The molecule has 0 bridgehead atoms. The zero-order valence-electron chi connectivity index (χ0n) is 4.71. The van der Waals surface area contributed by atoms with Gasteiger partial charge in [0.2, 0.25) is 0 Å². The quantitative estimate of drug-likeness (QED) is 0.530. The van der Waals surface area contributed by atoms with E-state index in [-0.39, 0.29) is 0 Å². The topological polar surface area (TPSA) is 0 Å². The Balaban J connectivity index is 3.06. The summed E-state index contributed by atoms with van der Waals surface area (Å²) in [6.07, 6.45) is -4.62. The second-order valence-corrected chi connectivity index (χ2v) is 1.63. The first-order chi connectivity index (χ1) is 4.16. The Kier molecular flexibility index (Phi) is 4.44. The number of rotatable bonds is 4. The van der Waals surface area contributed by atoms with Crippen molar-refractivity contribution in [1.29, 1.82) is 0 Å². The van der Waals surface area contributed by atoms with E-state index in [9.17, 15) is 17.6 Å². The first-order valence-electron chi connectivity index (χ1n) is 2.53. The van der Waals surface area contributed by atoms with Gasteiger partial charge in [-0.3, -0.25) is 0 Å². The summed E-state index contributed by atoms with van der Waals surface area (Å²) in [6, 6.07) is 0. The van der Waals surface area contributed by atoms with Gasteiger partial charge in [0.05, 0.1) is 0 Å². The van der Waals surface area contributed by atoms with Gasteiger partial charge in [0.25, 0.3) is 0 Å². The van der Waals surface area contributed by atoms with Gasteiger partial charge < -0.3 is 0 Å². The van der Waals surface area contributed by atoms with Crippen molar-refractivity contribution in [2.45, 2.75) is 19.0 Å². The maximum atomic E-state index is 11.8. The van der Waals surface area contributed by atoms with Crippen molar-refractivity contribution in [2.75, 3.05) is 6.67 Å². The molecule has 0 rings (SSSR count). The highest BCUT2D eigenvalue weighted by atomic mass is 19.3. The second-order valence-electron chi connectivity index (χ2n) is 1.63. The predicted octanol–water partition coefficient (Wildman–Crippen LogP) is 2.50. The van der Waals surface area contributed by atoms with Gasteiger partial charge in [0.15, 0.2) is 0 Å². The predicted molar refractivity (Wildman–Crippen MR) is 25.6 cm³/mol. The van der Waals surface area contributed by atoms with Crippen molar-refractivity contribution in [1.82, 2.24) is 0 Å². The molecule has 0 aliphatic carbocycles. The lowest BCUT2D eigenvalue weighted by molar-refractivity contribution is 0.205. The van der Waals surface area contributed by atoms with E-state index in [1.54, 1.807) is 0 Å². The van der Waals surface area contributed by atoms with E-state index < -0.39 is 32.1 Å². The molecule has 0 heterocycles. The van der Waals surface area contributed by atoms with Crippen LogP contribution in [0.25, 0.3) is 0 Å². The zero-order valence-corrected chi connectivity index (χ0v) is 4.71. The molecule has 0 aliphatic rings. The Morgan fingerprint density at radius 2 is 1.89 bits per heavy atom. The molecule has 0 saturated heterocycles. The molecular weight excluding hydrogens is 136 g/mol. The molecule has 0 aromatic rings. The average Bonchev–Trinajstić information content (AvgIpc) is 1.83. The lowest BCUT2D eigenvalue weighted by Crippen LogP contribution is -2.02. The molecule has 0 aromatic carbocycles. The molecule has 0 saturated carbocycles. The number of alkyl halides is 2. The lowest BCUT2D eigenvalue weighted by atomic mass is 10.2. The van der Waals surface area contributed by atoms with Crippen LogP contribution in [0.2, 0.25) is 0 Å². The summed E-state index contributed by atoms with van der Waals surface area (Å²) in [5.74, 6) is 0. The Labute approximate surface area is 50.9 Å². The van der Waals surface area contributed by atoms with Crippen LogP contribution in [0, 0.1) is 6.43 Å². The molecule has 0 N–H and O–H groups in total. The fraction of sp³-hybridized carbons (Fsp3) is 0.800. The van der Waals surface area contributed by atoms with Crippen molar-refractivity contribution in [3.8, 4) is 0 Å². The Morgan fingerprint density at radius 1 is 1.33 bits per heavy atom. The summed E-state index contributed by atoms with van der Waals surface area (Å²) in [7, 11) is 0. The van der Waals surface area contributed by atoms with E-state index in [0.717, 1.165) is 0 Å². The van der Waals surface area contributed by atoms with Crippen LogP contribution in [-0.2, 0) is 0 Å². The van der Waals surface area contributed by atoms with Crippen LogP contribution in [0.4, 0.5) is 17.6 Å². The van der Waals surface area contributed by atoms with Crippen molar-refractivity contribution < 1.29 is 17.6 Å². The molecule has 1 radical (unpaired) electrons. The number of hydrogen-bond donors (Lipinski definition) is 0. The van der Waals surface area contributed by atoms with Gasteiger partial charge in [-0.25, -0.2) is 8.78 Å². The van der Waals surface area contributed by atoms with E-state index in [0.29, 0.717) is 0 Å². The minimum atomic E-state index is -1.84. The van der Waals surface area contributed by atoms with Crippen LogP contribution in [-0.4, -0.2) is 12.8 Å². The smallest absolute Gasteiger partial charge is 0.248 e. The van der Waals surface area contributed by atoms with Gasteiger partial charge in [-0.2, -0.15) is 8.78 Å². The summed E-state index contributed by atoms with van der Waals surface area (Å²) < 4.78 is 45.3. The molecule has 0 aromatic heterocycles. The fourth-order valence-electron chi connectivity index (χ4n) is 0.343. The van der Waals surface area contributed by atoms with E-state index in [2.05, 4.69) is 0 Å². The number of halogens is 4. The summed E-state index contributed by atoms with van der Waals surface area (Å²) >= 11 is 0. The lowest BCUT2D eigenvalue weighted by Gasteiger charge is -1.99. The van der Waals surface area contributed by atoms with Gasteiger partial charge in [0.1, 0.15) is 12.8 Å². The maximum absolute atomic E-state index is 11.8. The summed E-state index contributed by atoms with van der Waals surface area (Å²) in [6.45, 7) is -1.17. The molecular formula is C5H7F4. The first kappa shape index (κ1) is 8.72. The minimum absolute atomic E-state index is 0.418. The van der Waals surface area contributed by atoms with Crippen molar-refractivity contribution in [3.63, 3.8) is 0 Å². The van der Waals surface area contributed by atoms with Gasteiger partial charge in [0, 0.05) is 6.42 Å². The summed E-state index contributed by atoms with van der Waals surface area (Å²) in [5.41, 5.74) is 0. The van der Waals surface area contributed by atoms with Crippen LogP contribution in [0.1, 0.15) is 12.8 Å². The molecule has 0 spiro atoms. The molecule has 0 aliphatic heterocycles. The molecule has 0 nitrogen and oxygen atoms in total. The van der Waals surface area contributed by atoms with Crippen molar-refractivity contribution in [2.24, 2.45) is 0 Å². The third-order valence-electron chi connectivity index (χ3n) is 0.814. The largest absolute Gasteiger partial charge is 0.310 e. The number of hydrogen-bond acceptors (Lipinski definition) is 0. The highest BCUT2D eigenvalue weighted by Gasteiger charge is 2.11. The summed E-state index contributed by atoms with van der Waals surface area (Å²) in [4.78, 5) is 0. The normalized spacial score (nSPS) is 14.3. The maximum Gasteiger partial charge on any atom is 0.310 e. The minimum Gasteiger partial charge on any atom is -0.248 e. The highest BCUT2D eigenvalue weighted by molar-refractivity contribution is 4.63. The van der Waals surface area contributed by atoms with Crippen LogP contribution in [0.3, 0.4) is 0 Å². The van der Waals surface area contributed by atoms with Gasteiger partial charge in [-0.15, -0.1) is 0 Å². The molecule has 0 fully saturated rings. The van der Waals surface area contributed by atoms with Crippen molar-refractivity contribution >= 4 is 0 Å². The van der Waals surface area contributed by atoms with E-state index >= 15 is 0 Å². The first-order valence-corrected chi connectivity index (χ1v) is 2.53. The van der Waals surface area contributed by atoms with E-state index in [1.165, 1.54) is 0 Å². The zero-order chi connectivity index (χ0) is 7.28. The second kappa shape index (κ2) is 4.58. The molecule has 0 amide bonds. The van der Waals surface area contributed by atoms with Gasteiger partial charge in [-0.1, -0.05) is 0 Å². The Hall–Kier alpha value is -0.280. The standard InChI is InChI=1S/C5H7F4/c6-3-4(7)1-2-5(8)9/h4H,1-3H2. The van der Waals surface area contributed by atoms with Crippen LogP contribution >= 0.6 is 0 Å². The van der Waals surface area contributed by atoms with Gasteiger partial charge in [-0.05, 0) is 6.42 Å². The highest BCUT2D eigenvalue weighted by Crippen LogP contribution is 2.14. The Morgan fingerprint density at radius 3 is 2.22 bits per heavy atom. The third-order valence-corrected chi connectivity index (χ3v) is 0.814. The van der Waals surface area contributed by atoms with Crippen LogP contribution in [0.5, 0.6) is 0 Å². The Bertz CT molecular complexity index is 64.0. The molecule has 1 unspecified atom stereocenters. The summed E-state index contributed by atoms with van der Waals surface area (Å²) in [5, 5.41) is 0. The molecule has 9 heavy (non-hydrogen) atoms. The fourth-order valence-corrected chi connectivity index (χ4v) is 0.343. The van der Waals surface area contributed by atoms with E-state index in [4.69, 9.17) is 0 Å². The van der Waals surface area contributed by atoms with Crippen molar-refractivity contribution in [3.05, 3.63) is 6.43 Å². The van der Waals surface area contributed by atoms with Crippen LogP contribution in [0.15, 0.2) is 0 Å². The van der Waals surface area contributed by atoms with E-state index in [1.807, 2.05) is 0 Å².